The first kappa shape index (κ1) is 18.6. The molecular weight excluding hydrogens is 324 g/mol. The molecule has 0 spiro atoms. The monoisotopic (exact) mass is 346 g/mol. The van der Waals surface area contributed by atoms with Gasteiger partial charge in [-0.05, 0) is 37.8 Å². The normalized spacial score (nSPS) is 13.2. The number of aromatic nitrogens is 4. The highest BCUT2D eigenvalue weighted by atomic mass is 16.5. The zero-order valence-corrected chi connectivity index (χ0v) is 14.6. The first-order valence-corrected chi connectivity index (χ1v) is 8.02. The van der Waals surface area contributed by atoms with Crippen molar-refractivity contribution in [2.75, 3.05) is 13.7 Å². The molecule has 1 aliphatic rings. The summed E-state index contributed by atoms with van der Waals surface area (Å²) in [6.07, 6.45) is 4.57. The van der Waals surface area contributed by atoms with E-state index < -0.39 is 0 Å². The molecule has 0 aromatic carbocycles. The molecule has 0 amide bonds. The first-order valence-electron chi connectivity index (χ1n) is 8.02. The Morgan fingerprint density at radius 3 is 2.56 bits per heavy atom. The van der Waals surface area contributed by atoms with Gasteiger partial charge in [0.05, 0.1) is 25.1 Å². The highest BCUT2D eigenvalue weighted by Gasteiger charge is 2.19. The molecule has 2 aromatic heterocycles. The number of rotatable bonds is 6. The van der Waals surface area contributed by atoms with Gasteiger partial charge in [-0.25, -0.2) is 9.67 Å². The van der Waals surface area contributed by atoms with Crippen LogP contribution in [0.2, 0.25) is 0 Å². The molecule has 0 bridgehead atoms. The molecule has 0 radical (unpaired) electrons. The predicted molar refractivity (Wildman–Crippen MR) is 90.3 cm³/mol. The first-order chi connectivity index (χ1) is 12.1. The van der Waals surface area contributed by atoms with Crippen LogP contribution >= 0.6 is 0 Å². The number of aldehydes is 1. The summed E-state index contributed by atoms with van der Waals surface area (Å²) in [4.78, 5) is 24.5. The van der Waals surface area contributed by atoms with Crippen molar-refractivity contribution in [2.24, 2.45) is 13.0 Å². The SMILES string of the molecule is COC=O.Cc1nc(-c2nnn(C)c2C=O)ccc1OCC1CCC1. The van der Waals surface area contributed by atoms with Crippen LogP contribution in [0, 0.1) is 12.8 Å². The van der Waals surface area contributed by atoms with Crippen molar-refractivity contribution < 1.29 is 19.1 Å². The second-order valence-corrected chi connectivity index (χ2v) is 5.78. The number of aryl methyl sites for hydroxylation is 2. The van der Waals surface area contributed by atoms with Crippen molar-refractivity contribution in [1.29, 1.82) is 0 Å². The fourth-order valence-corrected chi connectivity index (χ4v) is 2.38. The number of carbonyl (C=O) groups is 2. The van der Waals surface area contributed by atoms with Crippen LogP contribution in [0.5, 0.6) is 5.75 Å². The number of methoxy groups -OCH3 is 1. The molecule has 0 N–H and O–H groups in total. The van der Waals surface area contributed by atoms with Crippen molar-refractivity contribution in [3.05, 3.63) is 23.5 Å². The fraction of sp³-hybridized carbons (Fsp3) is 0.471. The molecule has 134 valence electrons. The number of pyridine rings is 1. The highest BCUT2D eigenvalue weighted by Crippen LogP contribution is 2.28. The molecule has 0 unspecified atom stereocenters. The molecule has 0 aliphatic heterocycles. The summed E-state index contributed by atoms with van der Waals surface area (Å²) in [5, 5.41) is 7.86. The van der Waals surface area contributed by atoms with Gasteiger partial charge in [0.15, 0.2) is 6.29 Å². The number of carbonyl (C=O) groups excluding carboxylic acids is 2. The second kappa shape index (κ2) is 8.91. The van der Waals surface area contributed by atoms with Gasteiger partial charge < -0.3 is 9.47 Å². The zero-order chi connectivity index (χ0) is 18.2. The van der Waals surface area contributed by atoms with Gasteiger partial charge in [-0.2, -0.15) is 0 Å². The topological polar surface area (TPSA) is 96.2 Å². The molecular formula is C17H22N4O4. The minimum Gasteiger partial charge on any atom is -0.491 e. The third kappa shape index (κ3) is 4.62. The van der Waals surface area contributed by atoms with E-state index in [1.54, 1.807) is 7.05 Å². The molecule has 1 saturated carbocycles. The Bertz CT molecular complexity index is 725. The van der Waals surface area contributed by atoms with E-state index in [0.29, 0.717) is 29.5 Å². The van der Waals surface area contributed by atoms with Crippen molar-refractivity contribution >= 4 is 12.8 Å². The Labute approximate surface area is 146 Å². The van der Waals surface area contributed by atoms with E-state index in [0.717, 1.165) is 24.3 Å². The Hall–Kier alpha value is -2.77. The summed E-state index contributed by atoms with van der Waals surface area (Å²) in [7, 11) is 3.00. The summed E-state index contributed by atoms with van der Waals surface area (Å²) >= 11 is 0. The lowest BCUT2D eigenvalue weighted by molar-refractivity contribution is -0.126. The lowest BCUT2D eigenvalue weighted by atomic mass is 9.86. The van der Waals surface area contributed by atoms with Gasteiger partial charge in [-0.15, -0.1) is 5.10 Å². The predicted octanol–water partition coefficient (Wildman–Crippen LogP) is 1.97. The van der Waals surface area contributed by atoms with E-state index >= 15 is 0 Å². The van der Waals surface area contributed by atoms with Crippen LogP contribution in [-0.4, -0.2) is 46.5 Å². The molecule has 25 heavy (non-hydrogen) atoms. The average Bonchev–Trinajstić information content (AvgIpc) is 2.95. The second-order valence-electron chi connectivity index (χ2n) is 5.78. The van der Waals surface area contributed by atoms with Gasteiger partial charge in [0.1, 0.15) is 17.1 Å². The van der Waals surface area contributed by atoms with Crippen LogP contribution in [0.1, 0.15) is 35.4 Å². The number of hydrogen-bond donors (Lipinski definition) is 0. The highest BCUT2D eigenvalue weighted by molar-refractivity contribution is 5.82. The summed E-state index contributed by atoms with van der Waals surface area (Å²) < 4.78 is 11.1. The summed E-state index contributed by atoms with van der Waals surface area (Å²) in [6.45, 7) is 3.03. The van der Waals surface area contributed by atoms with Crippen LogP contribution in [0.4, 0.5) is 0 Å². The van der Waals surface area contributed by atoms with E-state index in [1.807, 2.05) is 19.1 Å². The van der Waals surface area contributed by atoms with E-state index in [2.05, 4.69) is 20.0 Å². The smallest absolute Gasteiger partial charge is 0.292 e. The molecule has 1 aliphatic carbocycles. The summed E-state index contributed by atoms with van der Waals surface area (Å²) in [5.41, 5.74) is 2.36. The maximum Gasteiger partial charge on any atom is 0.292 e. The Kier molecular flexibility index (Phi) is 6.62. The Balaban J connectivity index is 0.000000511. The minimum absolute atomic E-state index is 0.375. The maximum absolute atomic E-state index is 11.1. The van der Waals surface area contributed by atoms with Gasteiger partial charge >= 0.3 is 0 Å². The molecule has 1 fully saturated rings. The molecule has 0 saturated heterocycles. The quantitative estimate of drug-likeness (QED) is 0.738. The van der Waals surface area contributed by atoms with Gasteiger partial charge in [-0.1, -0.05) is 11.6 Å². The van der Waals surface area contributed by atoms with Crippen LogP contribution in [0.25, 0.3) is 11.4 Å². The van der Waals surface area contributed by atoms with Crippen LogP contribution in [0.15, 0.2) is 12.1 Å². The molecule has 2 heterocycles. The number of hydrogen-bond acceptors (Lipinski definition) is 7. The van der Waals surface area contributed by atoms with Gasteiger partial charge in [-0.3, -0.25) is 9.59 Å². The van der Waals surface area contributed by atoms with Crippen LogP contribution in [0.3, 0.4) is 0 Å². The average molecular weight is 346 g/mol. The van der Waals surface area contributed by atoms with Gasteiger partial charge in [0.2, 0.25) is 0 Å². The maximum atomic E-state index is 11.1. The van der Waals surface area contributed by atoms with Gasteiger partial charge in [0, 0.05) is 7.05 Å². The number of ether oxygens (including phenoxy) is 2. The van der Waals surface area contributed by atoms with Crippen molar-refractivity contribution in [2.45, 2.75) is 26.2 Å². The minimum atomic E-state index is 0.375. The van der Waals surface area contributed by atoms with E-state index in [9.17, 15) is 4.79 Å². The standard InChI is InChI=1S/C15H18N4O2.C2H4O2/c1-10-14(21-9-11-4-3-5-11)7-6-12(16-10)15-13(8-20)19(2)18-17-15;1-4-2-3/h6-8,11H,3-5,9H2,1-2H3;2H,1H3. The van der Waals surface area contributed by atoms with E-state index in [1.165, 1.54) is 31.1 Å². The molecule has 8 heteroatoms. The van der Waals surface area contributed by atoms with Crippen molar-refractivity contribution in [1.82, 2.24) is 20.0 Å². The van der Waals surface area contributed by atoms with Crippen LogP contribution < -0.4 is 4.74 Å². The summed E-state index contributed by atoms with van der Waals surface area (Å²) in [5.74, 6) is 1.48. The lowest BCUT2D eigenvalue weighted by Crippen LogP contribution is -2.19. The number of nitrogens with zero attached hydrogens (tertiary/aromatic N) is 4. The van der Waals surface area contributed by atoms with E-state index in [4.69, 9.17) is 9.53 Å². The fourth-order valence-electron chi connectivity index (χ4n) is 2.38. The Morgan fingerprint density at radius 1 is 1.32 bits per heavy atom. The third-order valence-electron chi connectivity index (χ3n) is 4.06. The van der Waals surface area contributed by atoms with Gasteiger partial charge in [0.25, 0.3) is 6.47 Å². The lowest BCUT2D eigenvalue weighted by Gasteiger charge is -2.25. The molecule has 8 nitrogen and oxygen atoms in total. The molecule has 0 atom stereocenters. The van der Waals surface area contributed by atoms with Crippen molar-refractivity contribution in [3.63, 3.8) is 0 Å². The van der Waals surface area contributed by atoms with Crippen LogP contribution in [-0.2, 0) is 16.6 Å². The Morgan fingerprint density at radius 2 is 2.04 bits per heavy atom. The largest absolute Gasteiger partial charge is 0.491 e. The third-order valence-corrected chi connectivity index (χ3v) is 4.06. The summed E-state index contributed by atoms with van der Waals surface area (Å²) in [6, 6.07) is 3.71. The molecule has 3 rings (SSSR count). The zero-order valence-electron chi connectivity index (χ0n) is 14.6. The van der Waals surface area contributed by atoms with E-state index in [-0.39, 0.29) is 0 Å². The molecule has 2 aromatic rings. The van der Waals surface area contributed by atoms with Crippen molar-refractivity contribution in [3.8, 4) is 17.1 Å².